The van der Waals surface area contributed by atoms with Gasteiger partial charge in [-0.15, -0.1) is 0 Å². The zero-order valence-electron chi connectivity index (χ0n) is 14.0. The molecule has 0 aromatic carbocycles. The molecule has 3 aromatic heterocycles. The quantitative estimate of drug-likeness (QED) is 0.763. The van der Waals surface area contributed by atoms with Gasteiger partial charge in [0.1, 0.15) is 17.3 Å². The standard InChI is InChI=1S/C18H20N4O2S/c1-13-17-20-16(18(23)19-9-15-3-2-7-24-15)11-22(17)6-5-21(13)10-14-4-8-25-12-14/h2-4,7-8,11-13H,5-6,9-10H2,1H3,(H,19,23)/t13-/m1/s1. The summed E-state index contributed by atoms with van der Waals surface area (Å²) < 4.78 is 7.33. The maximum atomic E-state index is 12.4. The van der Waals surface area contributed by atoms with Crippen molar-refractivity contribution >= 4 is 17.2 Å². The molecule has 4 rings (SSSR count). The number of amides is 1. The zero-order valence-corrected chi connectivity index (χ0v) is 14.8. The molecule has 0 spiro atoms. The fourth-order valence-electron chi connectivity index (χ4n) is 3.15. The topological polar surface area (TPSA) is 63.3 Å². The molecule has 1 N–H and O–H groups in total. The molecule has 0 fully saturated rings. The molecule has 1 atom stereocenters. The van der Waals surface area contributed by atoms with Crippen LogP contribution in [0.25, 0.3) is 0 Å². The van der Waals surface area contributed by atoms with Crippen LogP contribution in [0, 0.1) is 0 Å². The molecule has 1 aliphatic rings. The molecular weight excluding hydrogens is 336 g/mol. The van der Waals surface area contributed by atoms with E-state index < -0.39 is 0 Å². The molecule has 25 heavy (non-hydrogen) atoms. The van der Waals surface area contributed by atoms with E-state index in [9.17, 15) is 4.79 Å². The molecule has 7 heteroatoms. The Morgan fingerprint density at radius 1 is 1.44 bits per heavy atom. The highest BCUT2D eigenvalue weighted by atomic mass is 32.1. The average Bonchev–Trinajstić information content (AvgIpc) is 3.37. The highest BCUT2D eigenvalue weighted by Gasteiger charge is 2.27. The fourth-order valence-corrected chi connectivity index (χ4v) is 3.81. The first-order chi connectivity index (χ1) is 12.2. The third-order valence-electron chi connectivity index (χ3n) is 4.56. The number of furan rings is 1. The third kappa shape index (κ3) is 3.38. The summed E-state index contributed by atoms with van der Waals surface area (Å²) in [5, 5.41) is 7.14. The van der Waals surface area contributed by atoms with Crippen LogP contribution in [0.3, 0.4) is 0 Å². The number of imidazole rings is 1. The summed E-state index contributed by atoms with van der Waals surface area (Å²) >= 11 is 1.72. The van der Waals surface area contributed by atoms with Crippen molar-refractivity contribution in [1.82, 2.24) is 19.8 Å². The smallest absolute Gasteiger partial charge is 0.271 e. The molecule has 0 saturated carbocycles. The Balaban J connectivity index is 1.44. The summed E-state index contributed by atoms with van der Waals surface area (Å²) in [4.78, 5) is 19.4. The highest BCUT2D eigenvalue weighted by molar-refractivity contribution is 7.07. The Bertz CT molecular complexity index is 839. The molecule has 3 aromatic rings. The van der Waals surface area contributed by atoms with Gasteiger partial charge in [0.2, 0.25) is 0 Å². The van der Waals surface area contributed by atoms with Gasteiger partial charge in [-0.25, -0.2) is 4.98 Å². The predicted octanol–water partition coefficient (Wildman–Crippen LogP) is 3.04. The number of fused-ring (bicyclic) bond motifs is 1. The summed E-state index contributed by atoms with van der Waals surface area (Å²) in [6, 6.07) is 5.98. The van der Waals surface area contributed by atoms with Crippen molar-refractivity contribution in [3.05, 3.63) is 64.3 Å². The maximum Gasteiger partial charge on any atom is 0.271 e. The third-order valence-corrected chi connectivity index (χ3v) is 5.29. The molecule has 0 bridgehead atoms. The maximum absolute atomic E-state index is 12.4. The molecule has 1 amide bonds. The van der Waals surface area contributed by atoms with Crippen molar-refractivity contribution in [3.63, 3.8) is 0 Å². The number of carbonyl (C=O) groups excluding carboxylic acids is 1. The van der Waals surface area contributed by atoms with Crippen molar-refractivity contribution in [1.29, 1.82) is 0 Å². The van der Waals surface area contributed by atoms with Crippen molar-refractivity contribution < 1.29 is 9.21 Å². The van der Waals surface area contributed by atoms with Crippen molar-refractivity contribution in [2.75, 3.05) is 6.54 Å². The van der Waals surface area contributed by atoms with Gasteiger partial charge in [-0.1, -0.05) is 0 Å². The van der Waals surface area contributed by atoms with Gasteiger partial charge < -0.3 is 14.3 Å². The first-order valence-corrected chi connectivity index (χ1v) is 9.28. The van der Waals surface area contributed by atoms with Crippen molar-refractivity contribution in [2.24, 2.45) is 0 Å². The van der Waals surface area contributed by atoms with Gasteiger partial charge in [0, 0.05) is 25.8 Å². The second-order valence-electron chi connectivity index (χ2n) is 6.22. The normalized spacial score (nSPS) is 17.4. The predicted molar refractivity (Wildman–Crippen MR) is 95.2 cm³/mol. The minimum absolute atomic E-state index is 0.171. The minimum Gasteiger partial charge on any atom is -0.467 e. The van der Waals surface area contributed by atoms with E-state index in [0.717, 1.165) is 31.2 Å². The summed E-state index contributed by atoms with van der Waals surface area (Å²) in [6.07, 6.45) is 3.45. The van der Waals surface area contributed by atoms with Crippen LogP contribution < -0.4 is 5.32 Å². The molecule has 0 saturated heterocycles. The number of nitrogens with one attached hydrogen (secondary N) is 1. The number of carbonyl (C=O) groups is 1. The summed E-state index contributed by atoms with van der Waals surface area (Å²) in [5.74, 6) is 1.51. The van der Waals surface area contributed by atoms with Crippen molar-refractivity contribution in [2.45, 2.75) is 32.6 Å². The van der Waals surface area contributed by atoms with Crippen molar-refractivity contribution in [3.8, 4) is 0 Å². The van der Waals surface area contributed by atoms with Gasteiger partial charge in [-0.2, -0.15) is 11.3 Å². The van der Waals surface area contributed by atoms with Gasteiger partial charge in [0.25, 0.3) is 5.91 Å². The number of nitrogens with zero attached hydrogens (tertiary/aromatic N) is 3. The molecule has 0 radical (unpaired) electrons. The first kappa shape index (κ1) is 16.1. The Labute approximate surface area is 150 Å². The van der Waals surface area contributed by atoms with E-state index in [2.05, 4.69) is 43.5 Å². The molecule has 4 heterocycles. The number of hydrogen-bond acceptors (Lipinski definition) is 5. The number of hydrogen-bond donors (Lipinski definition) is 1. The Kier molecular flexibility index (Phi) is 4.42. The second kappa shape index (κ2) is 6.85. The van der Waals surface area contributed by atoms with E-state index in [1.54, 1.807) is 23.7 Å². The summed E-state index contributed by atoms with van der Waals surface area (Å²) in [5.41, 5.74) is 1.79. The highest BCUT2D eigenvalue weighted by Crippen LogP contribution is 2.26. The second-order valence-corrected chi connectivity index (χ2v) is 7.00. The molecule has 0 aliphatic carbocycles. The van der Waals surface area contributed by atoms with E-state index in [-0.39, 0.29) is 11.9 Å². The van der Waals surface area contributed by atoms with E-state index >= 15 is 0 Å². The van der Waals surface area contributed by atoms with E-state index in [4.69, 9.17) is 4.42 Å². The van der Waals surface area contributed by atoms with E-state index in [1.165, 1.54) is 5.56 Å². The van der Waals surface area contributed by atoms with Gasteiger partial charge in [-0.3, -0.25) is 9.69 Å². The lowest BCUT2D eigenvalue weighted by Gasteiger charge is -2.33. The Morgan fingerprint density at radius 3 is 3.12 bits per heavy atom. The Morgan fingerprint density at radius 2 is 2.36 bits per heavy atom. The van der Waals surface area contributed by atoms with Crippen LogP contribution in [-0.4, -0.2) is 26.9 Å². The molecular formula is C18H20N4O2S. The Hall–Kier alpha value is -2.38. The van der Waals surface area contributed by atoms with Crippen LogP contribution in [-0.2, 0) is 19.6 Å². The van der Waals surface area contributed by atoms with Gasteiger partial charge in [-0.05, 0) is 41.4 Å². The number of thiophene rings is 1. The number of aromatic nitrogens is 2. The summed E-state index contributed by atoms with van der Waals surface area (Å²) in [7, 11) is 0. The minimum atomic E-state index is -0.171. The number of rotatable bonds is 5. The summed E-state index contributed by atoms with van der Waals surface area (Å²) in [6.45, 7) is 5.23. The lowest BCUT2D eigenvalue weighted by atomic mass is 10.2. The SMILES string of the molecule is C[C@@H]1c2nc(C(=O)NCc3ccco3)cn2CCN1Cc1ccsc1. The van der Waals surface area contributed by atoms with Crippen LogP contribution in [0.2, 0.25) is 0 Å². The van der Waals surface area contributed by atoms with Crippen LogP contribution in [0.4, 0.5) is 0 Å². The molecule has 130 valence electrons. The average molecular weight is 356 g/mol. The van der Waals surface area contributed by atoms with Gasteiger partial charge >= 0.3 is 0 Å². The first-order valence-electron chi connectivity index (χ1n) is 8.33. The lowest BCUT2D eigenvalue weighted by molar-refractivity contribution is 0.0943. The monoisotopic (exact) mass is 356 g/mol. The van der Waals surface area contributed by atoms with Crippen LogP contribution >= 0.6 is 11.3 Å². The largest absolute Gasteiger partial charge is 0.467 e. The molecule has 6 nitrogen and oxygen atoms in total. The van der Waals surface area contributed by atoms with E-state index in [0.29, 0.717) is 12.2 Å². The fraction of sp³-hybridized carbons (Fsp3) is 0.333. The molecule has 1 aliphatic heterocycles. The van der Waals surface area contributed by atoms with Crippen LogP contribution in [0.5, 0.6) is 0 Å². The van der Waals surface area contributed by atoms with E-state index in [1.807, 2.05) is 12.3 Å². The van der Waals surface area contributed by atoms with Crippen LogP contribution in [0.1, 0.15) is 40.6 Å². The van der Waals surface area contributed by atoms with Gasteiger partial charge in [0.05, 0.1) is 18.8 Å². The van der Waals surface area contributed by atoms with Crippen LogP contribution in [0.15, 0.2) is 45.8 Å². The molecule has 0 unspecified atom stereocenters. The zero-order chi connectivity index (χ0) is 17.2. The lowest BCUT2D eigenvalue weighted by Crippen LogP contribution is -2.36. The van der Waals surface area contributed by atoms with Gasteiger partial charge in [0.15, 0.2) is 0 Å².